The van der Waals surface area contributed by atoms with Crippen LogP contribution in [0.25, 0.3) is 0 Å². The average Bonchev–Trinajstić information content (AvgIpc) is 3.47. The first kappa shape index (κ1) is 33.3. The lowest BCUT2D eigenvalue weighted by Gasteiger charge is -2.70. The van der Waals surface area contributed by atoms with Gasteiger partial charge < -0.3 is 19.1 Å². The van der Waals surface area contributed by atoms with Crippen LogP contribution >= 0.6 is 47.8 Å². The number of fused-ring (bicyclic) bond motifs is 1. The molecule has 4 saturated heterocycles. The molecule has 42 heavy (non-hydrogen) atoms. The summed E-state index contributed by atoms with van der Waals surface area (Å²) >= 11 is 4.40. The summed E-state index contributed by atoms with van der Waals surface area (Å²) in [6.07, 6.45) is 0.460. The molecule has 2 spiro atoms. The third kappa shape index (κ3) is 4.03. The van der Waals surface area contributed by atoms with Crippen molar-refractivity contribution in [1.82, 2.24) is 27.3 Å². The van der Waals surface area contributed by atoms with Crippen molar-refractivity contribution in [2.45, 2.75) is 64.1 Å². The van der Waals surface area contributed by atoms with Crippen molar-refractivity contribution in [3.8, 4) is 0 Å². The van der Waals surface area contributed by atoms with Gasteiger partial charge in [-0.1, -0.05) is 51.7 Å². The van der Waals surface area contributed by atoms with Crippen molar-refractivity contribution in [3.63, 3.8) is 0 Å². The van der Waals surface area contributed by atoms with Gasteiger partial charge in [-0.2, -0.15) is 23.5 Å². The van der Waals surface area contributed by atoms with Gasteiger partial charge in [-0.25, -0.2) is 36.4 Å². The van der Waals surface area contributed by atoms with Crippen molar-refractivity contribution in [1.29, 1.82) is 0 Å². The van der Waals surface area contributed by atoms with E-state index in [-0.39, 0.29) is 5.75 Å². The summed E-state index contributed by atoms with van der Waals surface area (Å²) in [4.78, 5) is 67.5. The summed E-state index contributed by atoms with van der Waals surface area (Å²) < 4.78 is 17.5. The zero-order valence-corrected chi connectivity index (χ0v) is 29.3. The van der Waals surface area contributed by atoms with Gasteiger partial charge in [-0.3, -0.25) is 0 Å². The molecule has 6 unspecified atom stereocenters. The lowest BCUT2D eigenvalue weighted by molar-refractivity contribution is -0.481. The average molecular weight is 669 g/mol. The fourth-order valence-corrected chi connectivity index (χ4v) is 9.83. The number of ether oxygens (including phenoxy) is 2. The van der Waals surface area contributed by atoms with Gasteiger partial charge in [0.2, 0.25) is 5.66 Å². The standard InChI is InChI=1S/C24H40N6O8S4/c1-19(2,3)21(13-39-11)23-24(35-15(31)25(7)41-27(9)17(33)37-29(21)23)22(14-40-12,20(4,5)6)30(23)38-18(34)28(10)42-26(8)16(32)36-24/h13-14H2,1-12H3. The molecule has 238 valence electrons. The number of nitrogens with zero attached hydrogens (tertiary/aromatic N) is 6. The van der Waals surface area contributed by atoms with Crippen molar-refractivity contribution in [2.75, 3.05) is 52.2 Å². The number of hydroxylamine groups is 4. The Kier molecular flexibility index (Phi) is 8.32. The van der Waals surface area contributed by atoms with Crippen LogP contribution in [0.4, 0.5) is 19.2 Å². The monoisotopic (exact) mass is 668 g/mol. The second-order valence-corrected chi connectivity index (χ2v) is 16.8. The van der Waals surface area contributed by atoms with Crippen LogP contribution in [0.1, 0.15) is 41.5 Å². The van der Waals surface area contributed by atoms with E-state index in [9.17, 15) is 19.2 Å². The third-order valence-corrected chi connectivity index (χ3v) is 11.3. The van der Waals surface area contributed by atoms with Gasteiger partial charge in [-0.05, 0) is 23.3 Å². The minimum absolute atomic E-state index is 0.199. The van der Waals surface area contributed by atoms with E-state index in [1.807, 2.05) is 54.1 Å². The van der Waals surface area contributed by atoms with Gasteiger partial charge in [-0.15, -0.1) is 0 Å². The van der Waals surface area contributed by atoms with Crippen LogP contribution < -0.4 is 0 Å². The second-order valence-electron chi connectivity index (χ2n) is 12.6. The molecule has 0 radical (unpaired) electrons. The third-order valence-electron chi connectivity index (χ3n) is 8.32. The van der Waals surface area contributed by atoms with Crippen LogP contribution in [0.2, 0.25) is 0 Å². The SMILES string of the molecule is CSCC1(C(C)(C)C)N2OC(=O)N(C)SN(C)C(=O)OC13OC(=O)N(C)SN(C)C(=O)ON1C(CSC)(C(C)(C)C)C213. The zero-order valence-electron chi connectivity index (χ0n) is 26.0. The molecule has 4 fully saturated rings. The number of carbonyl (C=O) groups excluding carboxylic acids is 4. The van der Waals surface area contributed by atoms with E-state index in [4.69, 9.17) is 19.1 Å². The fraction of sp³-hybridized carbons (Fsp3) is 0.833. The lowest BCUT2D eigenvalue weighted by Crippen LogP contribution is -2.95. The van der Waals surface area contributed by atoms with Gasteiger partial charge >= 0.3 is 30.2 Å². The van der Waals surface area contributed by atoms with Crippen LogP contribution in [0.3, 0.4) is 0 Å². The molecule has 18 heteroatoms. The minimum atomic E-state index is -2.14. The summed E-state index contributed by atoms with van der Waals surface area (Å²) in [7, 11) is 5.80. The first-order valence-corrected chi connectivity index (χ1v) is 17.3. The molecule has 0 aromatic heterocycles. The first-order valence-electron chi connectivity index (χ1n) is 13.1. The molecular formula is C24H40N6O8S4. The molecule has 4 heterocycles. The van der Waals surface area contributed by atoms with Crippen LogP contribution in [0.5, 0.6) is 0 Å². The molecule has 4 aliphatic heterocycles. The molecule has 4 rings (SSSR count). The summed E-state index contributed by atoms with van der Waals surface area (Å²) in [5.74, 6) is -1.62. The quantitative estimate of drug-likeness (QED) is 0.307. The van der Waals surface area contributed by atoms with Gasteiger partial charge in [0.25, 0.3) is 0 Å². The maximum absolute atomic E-state index is 14.0. The van der Waals surface area contributed by atoms with Crippen LogP contribution in [-0.4, -0.2) is 126 Å². The highest BCUT2D eigenvalue weighted by Gasteiger charge is 3.08. The van der Waals surface area contributed by atoms with E-state index in [1.54, 1.807) is 0 Å². The Bertz CT molecular complexity index is 1150. The highest BCUT2D eigenvalue weighted by atomic mass is 32.2. The largest absolute Gasteiger partial charge is 0.440 e. The molecule has 0 N–H and O–H groups in total. The highest BCUT2D eigenvalue weighted by molar-refractivity contribution is 7.98. The van der Waals surface area contributed by atoms with Gasteiger partial charge in [0.15, 0.2) is 5.54 Å². The number of carbonyl (C=O) groups is 4. The maximum Gasteiger partial charge on any atom is 0.440 e. The van der Waals surface area contributed by atoms with E-state index in [0.717, 1.165) is 41.5 Å². The molecule has 0 aromatic rings. The predicted octanol–water partition coefficient (Wildman–Crippen LogP) is 4.56. The summed E-state index contributed by atoms with van der Waals surface area (Å²) in [5, 5.41) is 2.89. The van der Waals surface area contributed by atoms with Gasteiger partial charge in [0.1, 0.15) is 5.54 Å². The second kappa shape index (κ2) is 10.5. The summed E-state index contributed by atoms with van der Waals surface area (Å²) in [6.45, 7) is 11.5. The topological polar surface area (TPSA) is 124 Å². The van der Waals surface area contributed by atoms with Crippen LogP contribution in [-0.2, 0) is 19.1 Å². The molecule has 0 saturated carbocycles. The fourth-order valence-electron chi connectivity index (χ4n) is 6.36. The number of thioether (sulfide) groups is 2. The Morgan fingerprint density at radius 2 is 0.952 bits per heavy atom. The van der Waals surface area contributed by atoms with Crippen LogP contribution in [0, 0.1) is 10.8 Å². The molecular weight excluding hydrogens is 629 g/mol. The number of hydrogen-bond donors (Lipinski definition) is 0. The van der Waals surface area contributed by atoms with Crippen molar-refractivity contribution >= 4 is 72.2 Å². The Balaban J connectivity index is 2.20. The molecule has 0 aliphatic carbocycles. The van der Waals surface area contributed by atoms with Crippen molar-refractivity contribution in [2.24, 2.45) is 10.8 Å². The summed E-state index contributed by atoms with van der Waals surface area (Å²) in [6, 6.07) is 0. The van der Waals surface area contributed by atoms with Gasteiger partial charge in [0.05, 0.1) is 24.3 Å². The van der Waals surface area contributed by atoms with E-state index in [2.05, 4.69) is 0 Å². The number of amides is 4. The van der Waals surface area contributed by atoms with E-state index < -0.39 is 57.7 Å². The number of rotatable bonds is 4. The Labute approximate surface area is 264 Å². The van der Waals surface area contributed by atoms with Crippen molar-refractivity contribution in [3.05, 3.63) is 0 Å². The molecule has 4 aliphatic rings. The summed E-state index contributed by atoms with van der Waals surface area (Å²) in [5.41, 5.74) is -6.01. The van der Waals surface area contributed by atoms with E-state index >= 15 is 0 Å². The molecule has 4 amide bonds. The van der Waals surface area contributed by atoms with Crippen molar-refractivity contribution < 1.29 is 38.3 Å². The molecule has 0 aromatic carbocycles. The number of hydrogen-bond acceptors (Lipinski definition) is 14. The smallest absolute Gasteiger partial charge is 0.399 e. The van der Waals surface area contributed by atoms with E-state index in [1.165, 1.54) is 61.8 Å². The normalized spacial score (nSPS) is 37.4. The predicted molar refractivity (Wildman–Crippen MR) is 162 cm³/mol. The molecule has 14 nitrogen and oxygen atoms in total. The first-order chi connectivity index (χ1) is 19.3. The lowest BCUT2D eigenvalue weighted by atomic mass is 9.55. The Morgan fingerprint density at radius 3 is 1.31 bits per heavy atom. The minimum Gasteiger partial charge on any atom is -0.399 e. The van der Waals surface area contributed by atoms with E-state index in [0.29, 0.717) is 5.75 Å². The highest BCUT2D eigenvalue weighted by Crippen LogP contribution is 2.80. The maximum atomic E-state index is 14.0. The Hall–Kier alpha value is -1.60. The zero-order chi connectivity index (χ0) is 31.8. The van der Waals surface area contributed by atoms with Crippen LogP contribution in [0.15, 0.2) is 0 Å². The molecule has 2 bridgehead atoms. The van der Waals surface area contributed by atoms with Gasteiger partial charge in [0, 0.05) is 39.7 Å². The molecule has 6 atom stereocenters. The Morgan fingerprint density at radius 1 is 0.619 bits per heavy atom.